The van der Waals surface area contributed by atoms with Gasteiger partial charge in [0, 0.05) is 61.9 Å². The van der Waals surface area contributed by atoms with E-state index in [1.54, 1.807) is 0 Å². The van der Waals surface area contributed by atoms with E-state index in [0.717, 1.165) is 63.4 Å². The number of carbonyl (C=O) groups excluding carboxylic acids is 1. The number of ether oxygens (including phenoxy) is 3. The summed E-state index contributed by atoms with van der Waals surface area (Å²) in [5.41, 5.74) is 1.93. The number of piperidine rings is 1. The second-order valence-corrected chi connectivity index (χ2v) is 8.52. The predicted octanol–water partition coefficient (Wildman–Crippen LogP) is 3.73. The number of carbonyl (C=O) groups is 1. The Labute approximate surface area is 182 Å². The molecule has 0 spiro atoms. The number of imidazole rings is 1. The molecule has 0 atom stereocenters. The van der Waals surface area contributed by atoms with E-state index in [-0.39, 0.29) is 6.03 Å². The number of amides is 2. The van der Waals surface area contributed by atoms with E-state index in [1.807, 2.05) is 29.3 Å². The first-order chi connectivity index (χ1) is 15.2. The van der Waals surface area contributed by atoms with Crippen LogP contribution < -0.4 is 14.8 Å². The van der Waals surface area contributed by atoms with Crippen LogP contribution in [0.25, 0.3) is 0 Å². The fourth-order valence-electron chi connectivity index (χ4n) is 4.85. The van der Waals surface area contributed by atoms with Crippen molar-refractivity contribution in [1.29, 1.82) is 0 Å². The minimum atomic E-state index is -0.0675. The first-order valence-corrected chi connectivity index (χ1v) is 11.3. The van der Waals surface area contributed by atoms with Crippen molar-refractivity contribution in [3.63, 3.8) is 0 Å². The number of anilines is 1. The molecule has 3 aliphatic heterocycles. The highest BCUT2D eigenvalue weighted by Gasteiger charge is 2.29. The highest BCUT2D eigenvalue weighted by Crippen LogP contribution is 2.34. The van der Waals surface area contributed by atoms with Crippen LogP contribution in [0.4, 0.5) is 10.5 Å². The molecule has 166 valence electrons. The number of fused-ring (bicyclic) bond motifs is 1. The molecule has 4 heterocycles. The number of benzene rings is 1. The van der Waals surface area contributed by atoms with Crippen LogP contribution in [0.1, 0.15) is 49.2 Å². The first kappa shape index (κ1) is 20.2. The zero-order valence-electron chi connectivity index (χ0n) is 18.0. The van der Waals surface area contributed by atoms with Crippen LogP contribution in [-0.2, 0) is 4.74 Å². The molecule has 0 unspecified atom stereocenters. The Morgan fingerprint density at radius 2 is 1.77 bits per heavy atom. The average Bonchev–Trinajstić information content (AvgIpc) is 3.21. The highest BCUT2D eigenvalue weighted by molar-refractivity contribution is 5.89. The maximum atomic E-state index is 12.8. The van der Waals surface area contributed by atoms with Crippen LogP contribution in [0.3, 0.4) is 0 Å². The van der Waals surface area contributed by atoms with Gasteiger partial charge in [-0.05, 0) is 44.7 Å². The molecule has 0 saturated carbocycles. The Hall–Kier alpha value is -2.74. The fraction of sp³-hybridized carbons (Fsp3) is 0.565. The van der Waals surface area contributed by atoms with Gasteiger partial charge in [0.05, 0.1) is 0 Å². The Bertz CT molecular complexity index is 930. The Balaban J connectivity index is 1.21. The van der Waals surface area contributed by atoms with Gasteiger partial charge in [0.2, 0.25) is 0 Å². The molecular formula is C23H30N4O4. The minimum absolute atomic E-state index is 0.0675. The molecule has 2 saturated heterocycles. The number of urea groups is 1. The van der Waals surface area contributed by atoms with Gasteiger partial charge in [0.1, 0.15) is 19.0 Å². The summed E-state index contributed by atoms with van der Waals surface area (Å²) >= 11 is 0. The van der Waals surface area contributed by atoms with Crippen molar-refractivity contribution in [2.45, 2.75) is 44.6 Å². The van der Waals surface area contributed by atoms with Crippen molar-refractivity contribution in [2.75, 3.05) is 44.8 Å². The third kappa shape index (κ3) is 4.21. The van der Waals surface area contributed by atoms with Gasteiger partial charge in [-0.15, -0.1) is 0 Å². The molecule has 8 heteroatoms. The summed E-state index contributed by atoms with van der Waals surface area (Å²) in [6, 6.07) is 5.85. The van der Waals surface area contributed by atoms with Crippen molar-refractivity contribution in [1.82, 2.24) is 14.5 Å². The van der Waals surface area contributed by atoms with Gasteiger partial charge in [0.25, 0.3) is 0 Å². The molecule has 3 aliphatic rings. The molecule has 0 aliphatic carbocycles. The van der Waals surface area contributed by atoms with Gasteiger partial charge in [-0.2, -0.15) is 0 Å². The summed E-state index contributed by atoms with van der Waals surface area (Å²) in [7, 11) is 0. The number of hydrogen-bond donors (Lipinski definition) is 1. The van der Waals surface area contributed by atoms with Gasteiger partial charge in [0.15, 0.2) is 11.5 Å². The molecule has 0 bridgehead atoms. The molecule has 2 fully saturated rings. The zero-order valence-corrected chi connectivity index (χ0v) is 18.0. The van der Waals surface area contributed by atoms with Crippen molar-refractivity contribution in [3.05, 3.63) is 35.9 Å². The van der Waals surface area contributed by atoms with Crippen molar-refractivity contribution < 1.29 is 19.0 Å². The summed E-state index contributed by atoms with van der Waals surface area (Å²) < 4.78 is 19.1. The number of likely N-dealkylation sites (tertiary alicyclic amines) is 1. The number of aryl methyl sites for hydroxylation is 1. The highest BCUT2D eigenvalue weighted by atomic mass is 16.6. The molecular weight excluding hydrogens is 396 g/mol. The average molecular weight is 427 g/mol. The zero-order chi connectivity index (χ0) is 21.2. The second-order valence-electron chi connectivity index (χ2n) is 8.52. The lowest BCUT2D eigenvalue weighted by molar-refractivity contribution is 0.0818. The van der Waals surface area contributed by atoms with Crippen LogP contribution in [0.5, 0.6) is 11.5 Å². The summed E-state index contributed by atoms with van der Waals surface area (Å²) in [5.74, 6) is 3.07. The maximum Gasteiger partial charge on any atom is 0.321 e. The molecule has 8 nitrogen and oxygen atoms in total. The number of aromatic nitrogens is 2. The summed E-state index contributed by atoms with van der Waals surface area (Å²) in [4.78, 5) is 19.5. The molecule has 5 rings (SSSR count). The maximum absolute atomic E-state index is 12.8. The van der Waals surface area contributed by atoms with E-state index in [1.165, 1.54) is 11.5 Å². The molecule has 1 aromatic heterocycles. The van der Waals surface area contributed by atoms with Gasteiger partial charge in [-0.3, -0.25) is 0 Å². The van der Waals surface area contributed by atoms with E-state index in [9.17, 15) is 4.79 Å². The summed E-state index contributed by atoms with van der Waals surface area (Å²) in [6.45, 7) is 6.31. The minimum Gasteiger partial charge on any atom is -0.486 e. The van der Waals surface area contributed by atoms with E-state index in [4.69, 9.17) is 19.2 Å². The van der Waals surface area contributed by atoms with Gasteiger partial charge in [-0.25, -0.2) is 9.78 Å². The van der Waals surface area contributed by atoms with Crippen LogP contribution >= 0.6 is 0 Å². The number of rotatable bonds is 3. The molecule has 31 heavy (non-hydrogen) atoms. The van der Waals surface area contributed by atoms with Crippen LogP contribution in [0.15, 0.2) is 24.4 Å². The van der Waals surface area contributed by atoms with Gasteiger partial charge >= 0.3 is 6.03 Å². The van der Waals surface area contributed by atoms with E-state index < -0.39 is 0 Å². The Morgan fingerprint density at radius 3 is 2.55 bits per heavy atom. The van der Waals surface area contributed by atoms with Crippen LogP contribution in [-0.4, -0.2) is 60.0 Å². The first-order valence-electron chi connectivity index (χ1n) is 11.3. The Morgan fingerprint density at radius 1 is 1.03 bits per heavy atom. The number of hydrogen-bond acceptors (Lipinski definition) is 5. The normalized spacial score (nSPS) is 20.0. The largest absolute Gasteiger partial charge is 0.486 e. The van der Waals surface area contributed by atoms with Crippen molar-refractivity contribution >= 4 is 11.7 Å². The summed E-state index contributed by atoms with van der Waals surface area (Å²) in [6.07, 6.45) is 5.93. The van der Waals surface area contributed by atoms with E-state index >= 15 is 0 Å². The Kier molecular flexibility index (Phi) is 5.72. The molecule has 2 aromatic rings. The molecule has 0 radical (unpaired) electrons. The monoisotopic (exact) mass is 426 g/mol. The van der Waals surface area contributed by atoms with E-state index in [0.29, 0.717) is 30.9 Å². The summed E-state index contributed by atoms with van der Waals surface area (Å²) in [5, 5.41) is 3.00. The molecule has 1 aromatic carbocycles. The lowest BCUT2D eigenvalue weighted by Crippen LogP contribution is -2.42. The standard InChI is InChI=1S/C23H30N4O4/c1-16-15-24-22(17-6-10-29-11-7-17)27(16)19-4-8-26(9-5-19)23(28)25-18-2-3-20-21(14-18)31-13-12-30-20/h2-3,14-15,17,19H,4-13H2,1H3,(H,25,28). The van der Waals surface area contributed by atoms with Gasteiger partial charge < -0.3 is 29.0 Å². The SMILES string of the molecule is Cc1cnc(C2CCOCC2)n1C1CCN(C(=O)Nc2ccc3c(c2)OCCO3)CC1. The quantitative estimate of drug-likeness (QED) is 0.809. The lowest BCUT2D eigenvalue weighted by Gasteiger charge is -2.35. The third-order valence-corrected chi connectivity index (χ3v) is 6.51. The number of nitrogens with zero attached hydrogens (tertiary/aromatic N) is 3. The van der Waals surface area contributed by atoms with Crippen LogP contribution in [0.2, 0.25) is 0 Å². The van der Waals surface area contributed by atoms with Crippen molar-refractivity contribution in [2.24, 2.45) is 0 Å². The molecule has 2 amide bonds. The predicted molar refractivity (Wildman–Crippen MR) is 116 cm³/mol. The smallest absolute Gasteiger partial charge is 0.321 e. The fourth-order valence-corrected chi connectivity index (χ4v) is 4.85. The van der Waals surface area contributed by atoms with Gasteiger partial charge in [-0.1, -0.05) is 0 Å². The third-order valence-electron chi connectivity index (χ3n) is 6.51. The number of nitrogens with one attached hydrogen (secondary N) is 1. The second kappa shape index (κ2) is 8.78. The van der Waals surface area contributed by atoms with E-state index in [2.05, 4.69) is 16.8 Å². The van der Waals surface area contributed by atoms with Crippen LogP contribution in [0, 0.1) is 6.92 Å². The van der Waals surface area contributed by atoms with Crippen molar-refractivity contribution in [3.8, 4) is 11.5 Å². The lowest BCUT2D eigenvalue weighted by atomic mass is 9.97. The topological polar surface area (TPSA) is 77.9 Å². The molecule has 1 N–H and O–H groups in total.